The first-order valence-electron chi connectivity index (χ1n) is 8.60. The lowest BCUT2D eigenvalue weighted by atomic mass is 10.1. The van der Waals surface area contributed by atoms with Gasteiger partial charge in [-0.2, -0.15) is 0 Å². The average Bonchev–Trinajstić information content (AvgIpc) is 2.62. The Kier molecular flexibility index (Phi) is 5.56. The van der Waals surface area contributed by atoms with Crippen LogP contribution in [0.3, 0.4) is 0 Å². The molecule has 0 bridgehead atoms. The maximum absolute atomic E-state index is 12.7. The Morgan fingerprint density at radius 2 is 1.81 bits per heavy atom. The normalized spacial score (nSPS) is 13.5. The highest BCUT2D eigenvalue weighted by Gasteiger charge is 2.25. The minimum atomic E-state index is -3.79. The smallest absolute Gasteiger partial charge is 0.265 e. The topological polar surface area (TPSA) is 73.9 Å². The summed E-state index contributed by atoms with van der Waals surface area (Å²) in [6.45, 7) is 5.64. The van der Waals surface area contributed by atoms with E-state index in [4.69, 9.17) is 14.2 Å². The van der Waals surface area contributed by atoms with E-state index >= 15 is 0 Å². The number of rotatable bonds is 7. The fraction of sp³-hybridized carbons (Fsp3) is 0.368. The summed E-state index contributed by atoms with van der Waals surface area (Å²) in [5.74, 6) is 1.97. The maximum Gasteiger partial charge on any atom is 0.265 e. The number of ether oxygens (including phenoxy) is 3. The molecule has 0 saturated carbocycles. The summed E-state index contributed by atoms with van der Waals surface area (Å²) in [5.41, 5.74) is 0.454. The number of hydrogen-bond acceptors (Lipinski definition) is 5. The molecular formula is C19H23NO5S. The largest absolute Gasteiger partial charge is 0.494 e. The fourth-order valence-electron chi connectivity index (χ4n) is 2.50. The van der Waals surface area contributed by atoms with E-state index in [1.807, 2.05) is 0 Å². The molecule has 2 aromatic carbocycles. The SMILES string of the molecule is CC(C)CCOc1ccc(NS(=O)(=O)c2cccc3c2OCCO3)cc1. The van der Waals surface area contributed by atoms with Gasteiger partial charge in [-0.15, -0.1) is 0 Å². The van der Waals surface area contributed by atoms with Gasteiger partial charge in [-0.05, 0) is 48.7 Å². The van der Waals surface area contributed by atoms with Crippen molar-refractivity contribution in [3.63, 3.8) is 0 Å². The first-order chi connectivity index (χ1) is 12.5. The van der Waals surface area contributed by atoms with Crippen molar-refractivity contribution in [2.45, 2.75) is 25.2 Å². The number of nitrogens with one attached hydrogen (secondary N) is 1. The molecule has 0 radical (unpaired) electrons. The van der Waals surface area contributed by atoms with E-state index in [1.54, 1.807) is 36.4 Å². The maximum atomic E-state index is 12.7. The van der Waals surface area contributed by atoms with Crippen LogP contribution in [0.4, 0.5) is 5.69 Å². The molecular weight excluding hydrogens is 354 g/mol. The lowest BCUT2D eigenvalue weighted by molar-refractivity contribution is 0.167. The molecule has 0 atom stereocenters. The third kappa shape index (κ3) is 4.40. The Morgan fingerprint density at radius 3 is 2.54 bits per heavy atom. The highest BCUT2D eigenvalue weighted by Crippen LogP contribution is 2.37. The van der Waals surface area contributed by atoms with Crippen LogP contribution in [0.5, 0.6) is 17.2 Å². The van der Waals surface area contributed by atoms with E-state index in [2.05, 4.69) is 18.6 Å². The second-order valence-electron chi connectivity index (χ2n) is 6.44. The van der Waals surface area contributed by atoms with Crippen LogP contribution in [-0.2, 0) is 10.0 Å². The average molecular weight is 377 g/mol. The molecule has 140 valence electrons. The fourth-order valence-corrected chi connectivity index (χ4v) is 3.72. The van der Waals surface area contributed by atoms with E-state index < -0.39 is 10.0 Å². The number of para-hydroxylation sites is 1. The lowest BCUT2D eigenvalue weighted by Crippen LogP contribution is -2.20. The van der Waals surface area contributed by atoms with Crippen molar-refractivity contribution in [2.24, 2.45) is 5.92 Å². The van der Waals surface area contributed by atoms with Crippen molar-refractivity contribution in [2.75, 3.05) is 24.5 Å². The molecule has 3 rings (SSSR count). The van der Waals surface area contributed by atoms with Crippen LogP contribution in [0, 0.1) is 5.92 Å². The van der Waals surface area contributed by atoms with Gasteiger partial charge in [-0.3, -0.25) is 4.72 Å². The summed E-state index contributed by atoms with van der Waals surface area (Å²) < 4.78 is 44.6. The summed E-state index contributed by atoms with van der Waals surface area (Å²) in [7, 11) is -3.79. The van der Waals surface area contributed by atoms with E-state index in [-0.39, 0.29) is 10.6 Å². The predicted octanol–water partition coefficient (Wildman–Crippen LogP) is 3.68. The van der Waals surface area contributed by atoms with Gasteiger partial charge in [0.2, 0.25) is 0 Å². The van der Waals surface area contributed by atoms with Gasteiger partial charge >= 0.3 is 0 Å². The molecule has 0 unspecified atom stereocenters. The van der Waals surface area contributed by atoms with Gasteiger partial charge in [0.25, 0.3) is 10.0 Å². The van der Waals surface area contributed by atoms with Crippen LogP contribution in [0.15, 0.2) is 47.4 Å². The molecule has 1 aliphatic rings. The van der Waals surface area contributed by atoms with Crippen LogP contribution in [0.25, 0.3) is 0 Å². The number of anilines is 1. The van der Waals surface area contributed by atoms with Crippen molar-refractivity contribution >= 4 is 15.7 Å². The number of benzene rings is 2. The molecule has 1 N–H and O–H groups in total. The van der Waals surface area contributed by atoms with Crippen molar-refractivity contribution in [1.82, 2.24) is 0 Å². The van der Waals surface area contributed by atoms with Gasteiger partial charge < -0.3 is 14.2 Å². The van der Waals surface area contributed by atoms with Crippen LogP contribution in [-0.4, -0.2) is 28.2 Å². The first-order valence-corrected chi connectivity index (χ1v) is 10.1. The summed E-state index contributed by atoms with van der Waals surface area (Å²) in [5, 5.41) is 0. The van der Waals surface area contributed by atoms with Gasteiger partial charge in [0.05, 0.1) is 6.61 Å². The third-order valence-corrected chi connectivity index (χ3v) is 5.29. The number of sulfonamides is 1. The molecule has 1 heterocycles. The van der Waals surface area contributed by atoms with Crippen molar-refractivity contribution in [3.05, 3.63) is 42.5 Å². The van der Waals surface area contributed by atoms with Crippen LogP contribution in [0.2, 0.25) is 0 Å². The summed E-state index contributed by atoms with van der Waals surface area (Å²) in [4.78, 5) is 0.0620. The quantitative estimate of drug-likeness (QED) is 0.797. The van der Waals surface area contributed by atoms with Crippen LogP contribution in [0.1, 0.15) is 20.3 Å². The zero-order valence-electron chi connectivity index (χ0n) is 14.9. The molecule has 0 amide bonds. The summed E-state index contributed by atoms with van der Waals surface area (Å²) in [6, 6.07) is 11.7. The monoisotopic (exact) mass is 377 g/mol. The molecule has 0 fully saturated rings. The molecule has 0 spiro atoms. The van der Waals surface area contributed by atoms with Crippen LogP contribution >= 0.6 is 0 Å². The first kappa shape index (κ1) is 18.4. The molecule has 2 aromatic rings. The molecule has 1 aliphatic heterocycles. The summed E-state index contributed by atoms with van der Waals surface area (Å²) in [6.07, 6.45) is 0.968. The minimum absolute atomic E-state index is 0.0620. The second kappa shape index (κ2) is 7.86. The van der Waals surface area contributed by atoms with Gasteiger partial charge in [0, 0.05) is 5.69 Å². The van der Waals surface area contributed by atoms with Crippen molar-refractivity contribution < 1.29 is 22.6 Å². The third-order valence-electron chi connectivity index (χ3n) is 3.89. The Bertz CT molecular complexity index is 847. The second-order valence-corrected chi connectivity index (χ2v) is 8.09. The van der Waals surface area contributed by atoms with Gasteiger partial charge in [0.15, 0.2) is 11.5 Å². The van der Waals surface area contributed by atoms with Gasteiger partial charge in [-0.1, -0.05) is 19.9 Å². The van der Waals surface area contributed by atoms with Crippen LogP contribution < -0.4 is 18.9 Å². The Hall–Kier alpha value is -2.41. The lowest BCUT2D eigenvalue weighted by Gasteiger charge is -2.21. The number of hydrogen-bond donors (Lipinski definition) is 1. The molecule has 0 aliphatic carbocycles. The summed E-state index contributed by atoms with van der Waals surface area (Å²) >= 11 is 0. The zero-order chi connectivity index (χ0) is 18.6. The molecule has 0 aromatic heterocycles. The predicted molar refractivity (Wildman–Crippen MR) is 99.6 cm³/mol. The minimum Gasteiger partial charge on any atom is -0.494 e. The van der Waals surface area contributed by atoms with Gasteiger partial charge in [0.1, 0.15) is 23.9 Å². The van der Waals surface area contributed by atoms with E-state index in [0.717, 1.165) is 6.42 Å². The highest BCUT2D eigenvalue weighted by molar-refractivity contribution is 7.92. The Morgan fingerprint density at radius 1 is 1.08 bits per heavy atom. The number of fused-ring (bicyclic) bond motifs is 1. The van der Waals surface area contributed by atoms with Crippen molar-refractivity contribution in [1.29, 1.82) is 0 Å². The van der Waals surface area contributed by atoms with E-state index in [0.29, 0.717) is 42.9 Å². The Labute approximate surface area is 154 Å². The standard InChI is InChI=1S/C19H23NO5S/c1-14(2)10-11-23-16-8-6-15(7-9-16)20-26(21,22)18-5-3-4-17-19(18)25-13-12-24-17/h3-9,14,20H,10-13H2,1-2H3. The van der Waals surface area contributed by atoms with E-state index in [1.165, 1.54) is 6.07 Å². The van der Waals surface area contributed by atoms with E-state index in [9.17, 15) is 8.42 Å². The van der Waals surface area contributed by atoms with Gasteiger partial charge in [-0.25, -0.2) is 8.42 Å². The molecule has 7 heteroatoms. The van der Waals surface area contributed by atoms with Crippen molar-refractivity contribution in [3.8, 4) is 17.2 Å². The Balaban J connectivity index is 1.72. The zero-order valence-corrected chi connectivity index (χ0v) is 15.7. The molecule has 0 saturated heterocycles. The highest BCUT2D eigenvalue weighted by atomic mass is 32.2. The molecule has 26 heavy (non-hydrogen) atoms. The molecule has 6 nitrogen and oxygen atoms in total.